The molecule has 47 heavy (non-hydrogen) atoms. The zero-order valence-corrected chi connectivity index (χ0v) is 27.1. The number of aldehydes is 1. The highest BCUT2D eigenvalue weighted by atomic mass is 19.4. The maximum Gasteiger partial charge on any atom is 0.416 e. The monoisotopic (exact) mass is 671 g/mol. The van der Waals surface area contributed by atoms with Crippen molar-refractivity contribution in [1.29, 1.82) is 0 Å². The third-order valence-corrected chi connectivity index (χ3v) is 8.77. The molecule has 3 aliphatic heterocycles. The maximum atomic E-state index is 13.7. The van der Waals surface area contributed by atoms with Crippen LogP contribution in [-0.2, 0) is 23.7 Å². The van der Waals surface area contributed by atoms with E-state index in [1.807, 2.05) is 11.8 Å². The molecule has 3 heterocycles. The number of nitrogens with one attached hydrogen (secondary N) is 1. The van der Waals surface area contributed by atoms with E-state index in [0.717, 1.165) is 80.0 Å². The van der Waals surface area contributed by atoms with Crippen LogP contribution in [0.5, 0.6) is 0 Å². The number of carbonyl (C=O) groups is 1. The van der Waals surface area contributed by atoms with Gasteiger partial charge in [-0.1, -0.05) is 22.9 Å². The van der Waals surface area contributed by atoms with Crippen molar-refractivity contribution in [2.45, 2.75) is 70.8 Å². The normalized spacial score (nSPS) is 21.0. The van der Waals surface area contributed by atoms with Gasteiger partial charge in [0.2, 0.25) is 0 Å². The molecular weight excluding hydrogens is 628 g/mol. The van der Waals surface area contributed by atoms with Crippen molar-refractivity contribution in [1.82, 2.24) is 20.3 Å². The van der Waals surface area contributed by atoms with Crippen molar-refractivity contribution in [3.63, 3.8) is 0 Å². The molecule has 0 saturated carbocycles. The van der Waals surface area contributed by atoms with Crippen molar-refractivity contribution in [2.24, 2.45) is 16.3 Å². The van der Waals surface area contributed by atoms with Gasteiger partial charge in [0.05, 0.1) is 17.7 Å². The molecule has 2 N–H and O–H groups in total. The van der Waals surface area contributed by atoms with Crippen LogP contribution in [0.2, 0.25) is 0 Å². The predicted molar refractivity (Wildman–Crippen MR) is 165 cm³/mol. The Morgan fingerprint density at radius 1 is 0.957 bits per heavy atom. The first-order valence-corrected chi connectivity index (χ1v) is 15.6. The third kappa shape index (κ3) is 9.42. The number of nitrogens with zero attached hydrogens (tertiary/aromatic N) is 6. The van der Waals surface area contributed by atoms with Gasteiger partial charge in [-0.2, -0.15) is 31.8 Å². The van der Waals surface area contributed by atoms with Crippen LogP contribution in [0.3, 0.4) is 0 Å². The number of fused-ring (bicyclic) bond motifs is 1. The number of hydrogen-bond donors (Lipinski definition) is 2. The van der Waals surface area contributed by atoms with E-state index in [4.69, 9.17) is 9.90 Å². The lowest BCUT2D eigenvalue weighted by atomic mass is 9.93. The molecule has 260 valence electrons. The van der Waals surface area contributed by atoms with Crippen LogP contribution < -0.4 is 10.3 Å². The van der Waals surface area contributed by atoms with Crippen LogP contribution in [0.4, 0.5) is 32.0 Å². The lowest BCUT2D eigenvalue weighted by molar-refractivity contribution is -0.143. The van der Waals surface area contributed by atoms with Crippen LogP contribution in [-0.4, -0.2) is 79.5 Å². The molecule has 2 aromatic rings. The van der Waals surface area contributed by atoms with Gasteiger partial charge in [-0.05, 0) is 100 Å². The van der Waals surface area contributed by atoms with Crippen LogP contribution in [0.15, 0.2) is 40.7 Å². The highest BCUT2D eigenvalue weighted by Gasteiger charge is 2.39. The average molecular weight is 672 g/mol. The Bertz CT molecular complexity index is 1360. The van der Waals surface area contributed by atoms with Gasteiger partial charge in [-0.3, -0.25) is 4.90 Å². The molecule has 0 aliphatic carbocycles. The molecular formula is C32H43F6N7O2. The van der Waals surface area contributed by atoms with Crippen molar-refractivity contribution in [2.75, 3.05) is 51.8 Å². The number of anilines is 1. The Morgan fingerprint density at radius 2 is 1.57 bits per heavy atom. The van der Waals surface area contributed by atoms with Gasteiger partial charge >= 0.3 is 12.4 Å². The smallest absolute Gasteiger partial charge is 0.389 e. The van der Waals surface area contributed by atoms with Crippen molar-refractivity contribution in [3.8, 4) is 0 Å². The number of carbonyl (C=O) groups excluding carboxylic acids is 1. The van der Waals surface area contributed by atoms with Gasteiger partial charge in [-0.15, -0.1) is 5.11 Å². The van der Waals surface area contributed by atoms with Crippen LogP contribution in [0.1, 0.15) is 65.1 Å². The Kier molecular flexibility index (Phi) is 11.9. The standard InChI is InChI=1S/C30H39F6N7.C2H4O2/c1-19-12-20(2)27-25(13-19)26(6-5-9-42(27)17-21-7-10-40(3)11-8-21)43(28-37-39-41(4)38-28)18-22-14-23(29(31,32)33)16-24(15-22)30(34,35)36;3-1-2-4/h12-16,21,26,28,38H,5-11,17-18H2,1-4H3;1,4H,2H2. The fourth-order valence-corrected chi connectivity index (χ4v) is 6.68. The van der Waals surface area contributed by atoms with E-state index in [0.29, 0.717) is 18.6 Å². The van der Waals surface area contributed by atoms with E-state index < -0.39 is 29.8 Å². The second-order valence-electron chi connectivity index (χ2n) is 12.5. The first-order chi connectivity index (χ1) is 22.1. The number of aliphatic hydroxyl groups is 1. The lowest BCUT2D eigenvalue weighted by Gasteiger charge is -2.37. The number of piperidine rings is 1. The molecule has 0 spiro atoms. The minimum atomic E-state index is -4.93. The number of halogens is 6. The molecule has 3 aliphatic rings. The zero-order valence-electron chi connectivity index (χ0n) is 27.1. The quantitative estimate of drug-likeness (QED) is 0.272. The summed E-state index contributed by atoms with van der Waals surface area (Å²) in [4.78, 5) is 15.6. The summed E-state index contributed by atoms with van der Waals surface area (Å²) in [7, 11) is 3.78. The van der Waals surface area contributed by atoms with Crippen molar-refractivity contribution in [3.05, 3.63) is 63.7 Å². The predicted octanol–water partition coefficient (Wildman–Crippen LogP) is 6.10. The second-order valence-corrected chi connectivity index (χ2v) is 12.5. The number of alkyl halides is 6. The van der Waals surface area contributed by atoms with Crippen LogP contribution >= 0.6 is 0 Å². The summed E-state index contributed by atoms with van der Waals surface area (Å²) >= 11 is 0. The van der Waals surface area contributed by atoms with E-state index in [1.54, 1.807) is 7.05 Å². The fraction of sp³-hybridized carbons (Fsp3) is 0.594. The number of hydrazine groups is 1. The van der Waals surface area contributed by atoms with Crippen LogP contribution in [0.25, 0.3) is 0 Å². The summed E-state index contributed by atoms with van der Waals surface area (Å²) in [6.07, 6.45) is -6.52. The summed E-state index contributed by atoms with van der Waals surface area (Å²) in [6, 6.07) is 5.70. The summed E-state index contributed by atoms with van der Waals surface area (Å²) in [6.45, 7) is 7.35. The van der Waals surface area contributed by atoms with Gasteiger partial charge in [0.1, 0.15) is 6.29 Å². The molecule has 2 aromatic carbocycles. The molecule has 2 atom stereocenters. The van der Waals surface area contributed by atoms with E-state index in [2.05, 4.69) is 51.7 Å². The SMILES string of the molecule is Cc1cc(C)c2c(c1)C(N(Cc1cc(C(F)(F)F)cc(C(F)(F)F)c1)C1N=NN(C)N1)CCCN2CC1CCN(C)CC1.O=CCO. The minimum Gasteiger partial charge on any atom is -0.389 e. The number of rotatable bonds is 7. The molecule has 9 nitrogen and oxygen atoms in total. The molecule has 0 aromatic heterocycles. The lowest BCUT2D eigenvalue weighted by Crippen LogP contribution is -2.46. The van der Waals surface area contributed by atoms with Crippen LogP contribution in [0, 0.1) is 19.8 Å². The molecule has 1 saturated heterocycles. The van der Waals surface area contributed by atoms with Gasteiger partial charge in [0, 0.05) is 38.4 Å². The van der Waals surface area contributed by atoms with Crippen molar-refractivity contribution >= 4 is 12.0 Å². The minimum absolute atomic E-state index is 0.0907. The van der Waals surface area contributed by atoms with E-state index in [9.17, 15) is 26.3 Å². The van der Waals surface area contributed by atoms with E-state index >= 15 is 0 Å². The number of aliphatic hydroxyl groups excluding tert-OH is 1. The van der Waals surface area contributed by atoms with E-state index in [1.165, 1.54) is 5.12 Å². The van der Waals surface area contributed by atoms with Gasteiger partial charge in [-0.25, -0.2) is 5.12 Å². The molecule has 0 amide bonds. The first kappa shape index (κ1) is 36.6. The Morgan fingerprint density at radius 3 is 2.11 bits per heavy atom. The van der Waals surface area contributed by atoms with Gasteiger partial charge < -0.3 is 19.7 Å². The summed E-state index contributed by atoms with van der Waals surface area (Å²) in [5.41, 5.74) is 4.60. The number of benzene rings is 2. The Balaban J connectivity index is 0.00000118. The van der Waals surface area contributed by atoms with Gasteiger partial charge in [0.15, 0.2) is 6.29 Å². The molecule has 1 fully saturated rings. The van der Waals surface area contributed by atoms with E-state index in [-0.39, 0.29) is 30.8 Å². The zero-order chi connectivity index (χ0) is 34.5. The fourth-order valence-electron chi connectivity index (χ4n) is 6.68. The largest absolute Gasteiger partial charge is 0.416 e. The molecule has 2 unspecified atom stereocenters. The Labute approximate surface area is 271 Å². The van der Waals surface area contributed by atoms with Gasteiger partial charge in [0.25, 0.3) is 0 Å². The first-order valence-electron chi connectivity index (χ1n) is 15.6. The molecule has 0 radical (unpaired) electrons. The highest BCUT2D eigenvalue weighted by Crippen LogP contribution is 2.43. The summed E-state index contributed by atoms with van der Waals surface area (Å²) in [5, 5.41) is 17.2. The number of likely N-dealkylation sites (tertiary alicyclic amines) is 1. The Hall–Kier alpha value is -3.27. The summed E-state index contributed by atoms with van der Waals surface area (Å²) in [5.74, 6) is 0.544. The third-order valence-electron chi connectivity index (χ3n) is 8.77. The number of aryl methyl sites for hydroxylation is 2. The number of hydrogen-bond acceptors (Lipinski definition) is 9. The topological polar surface area (TPSA) is 87.0 Å². The molecule has 15 heteroatoms. The molecule has 5 rings (SSSR count). The summed E-state index contributed by atoms with van der Waals surface area (Å²) < 4.78 is 82.4. The highest BCUT2D eigenvalue weighted by molar-refractivity contribution is 5.62. The van der Waals surface area contributed by atoms with Crippen molar-refractivity contribution < 1.29 is 36.2 Å². The second kappa shape index (κ2) is 15.3. The average Bonchev–Trinajstić information content (AvgIpc) is 3.35. The maximum absolute atomic E-state index is 13.7. The molecule has 0 bridgehead atoms.